The van der Waals surface area contributed by atoms with E-state index in [1.165, 1.54) is 17.5 Å². The first-order valence-electron chi connectivity index (χ1n) is 9.08. The van der Waals surface area contributed by atoms with Crippen molar-refractivity contribution in [2.75, 3.05) is 0 Å². The van der Waals surface area contributed by atoms with Crippen LogP contribution in [0.4, 0.5) is 0 Å². The smallest absolute Gasteiger partial charge is 0.224 e. The maximum absolute atomic E-state index is 13.1. The molecule has 1 saturated heterocycles. The molecule has 2 heteroatoms. The van der Waals surface area contributed by atoms with E-state index < -0.39 is 0 Å². The zero-order valence-corrected chi connectivity index (χ0v) is 14.7. The normalized spacial score (nSPS) is 21.0. The Hall–Kier alpha value is -2.09. The van der Waals surface area contributed by atoms with E-state index in [0.717, 1.165) is 12.8 Å². The summed E-state index contributed by atoms with van der Waals surface area (Å²) in [6, 6.07) is 21.5. The summed E-state index contributed by atoms with van der Waals surface area (Å²) < 4.78 is 0. The lowest BCUT2D eigenvalue weighted by molar-refractivity contribution is -0.137. The van der Waals surface area contributed by atoms with Crippen molar-refractivity contribution >= 4 is 5.91 Å². The fourth-order valence-electron chi connectivity index (χ4n) is 3.99. The molecule has 0 aromatic heterocycles. The second kappa shape index (κ2) is 7.65. The first kappa shape index (κ1) is 16.8. The van der Waals surface area contributed by atoms with Crippen LogP contribution >= 0.6 is 0 Å². The third kappa shape index (κ3) is 3.69. The van der Waals surface area contributed by atoms with Crippen LogP contribution in [0.5, 0.6) is 0 Å². The SMILES string of the molecule is C[C@H]1CCC[C@H](C)N1C(=O)CC(c1ccccc1)c1ccccc1. The molecule has 0 spiro atoms. The minimum Gasteiger partial charge on any atom is -0.337 e. The molecule has 126 valence electrons. The largest absolute Gasteiger partial charge is 0.337 e. The highest BCUT2D eigenvalue weighted by atomic mass is 16.2. The topological polar surface area (TPSA) is 20.3 Å². The van der Waals surface area contributed by atoms with E-state index in [4.69, 9.17) is 0 Å². The number of hydrogen-bond donors (Lipinski definition) is 0. The van der Waals surface area contributed by atoms with Crippen LogP contribution in [0, 0.1) is 0 Å². The molecule has 1 aliphatic rings. The van der Waals surface area contributed by atoms with Crippen molar-refractivity contribution in [3.8, 4) is 0 Å². The quantitative estimate of drug-likeness (QED) is 0.776. The number of amides is 1. The van der Waals surface area contributed by atoms with Gasteiger partial charge < -0.3 is 4.90 Å². The molecule has 2 nitrogen and oxygen atoms in total. The lowest BCUT2D eigenvalue weighted by Crippen LogP contribution is -2.47. The first-order chi connectivity index (χ1) is 11.7. The zero-order chi connectivity index (χ0) is 16.9. The van der Waals surface area contributed by atoms with Crippen LogP contribution in [0.3, 0.4) is 0 Å². The Morgan fingerprint density at radius 3 is 1.83 bits per heavy atom. The van der Waals surface area contributed by atoms with Crippen molar-refractivity contribution in [2.45, 2.75) is 57.5 Å². The number of carbonyl (C=O) groups excluding carboxylic acids is 1. The highest BCUT2D eigenvalue weighted by Gasteiger charge is 2.30. The summed E-state index contributed by atoms with van der Waals surface area (Å²) in [6.45, 7) is 4.38. The van der Waals surface area contributed by atoms with Crippen molar-refractivity contribution in [3.63, 3.8) is 0 Å². The van der Waals surface area contributed by atoms with Gasteiger partial charge in [0, 0.05) is 24.4 Å². The Morgan fingerprint density at radius 2 is 1.38 bits per heavy atom. The summed E-state index contributed by atoms with van der Waals surface area (Å²) in [7, 11) is 0. The highest BCUT2D eigenvalue weighted by Crippen LogP contribution is 2.31. The fraction of sp³-hybridized carbons (Fsp3) is 0.409. The van der Waals surface area contributed by atoms with Gasteiger partial charge in [-0.25, -0.2) is 0 Å². The van der Waals surface area contributed by atoms with Gasteiger partial charge in [0.15, 0.2) is 0 Å². The second-order valence-electron chi connectivity index (χ2n) is 7.01. The standard InChI is InChI=1S/C22H27NO/c1-17-10-9-11-18(2)23(17)22(24)16-21(19-12-5-3-6-13-19)20-14-7-4-8-15-20/h3-8,12-15,17-18,21H,9-11,16H2,1-2H3/t17-,18-/m0/s1. The van der Waals surface area contributed by atoms with Gasteiger partial charge in [-0.15, -0.1) is 0 Å². The molecule has 1 fully saturated rings. The van der Waals surface area contributed by atoms with Crippen LogP contribution in [0.1, 0.15) is 56.6 Å². The molecule has 0 radical (unpaired) electrons. The van der Waals surface area contributed by atoms with Crippen molar-refractivity contribution in [3.05, 3.63) is 71.8 Å². The monoisotopic (exact) mass is 321 g/mol. The van der Waals surface area contributed by atoms with Gasteiger partial charge in [-0.05, 0) is 44.2 Å². The van der Waals surface area contributed by atoms with Gasteiger partial charge in [0.25, 0.3) is 0 Å². The summed E-state index contributed by atoms with van der Waals surface area (Å²) in [6.07, 6.45) is 4.02. The molecule has 1 heterocycles. The van der Waals surface area contributed by atoms with E-state index in [1.54, 1.807) is 0 Å². The van der Waals surface area contributed by atoms with Gasteiger partial charge in [-0.3, -0.25) is 4.79 Å². The molecular formula is C22H27NO. The van der Waals surface area contributed by atoms with Crippen LogP contribution in [0.2, 0.25) is 0 Å². The molecule has 2 aromatic rings. The number of likely N-dealkylation sites (tertiary alicyclic amines) is 1. The first-order valence-corrected chi connectivity index (χ1v) is 9.08. The number of nitrogens with zero attached hydrogens (tertiary/aromatic N) is 1. The molecule has 1 amide bonds. The summed E-state index contributed by atoms with van der Waals surface area (Å²) in [4.78, 5) is 15.2. The summed E-state index contributed by atoms with van der Waals surface area (Å²) in [5.74, 6) is 0.411. The molecule has 0 unspecified atom stereocenters. The fourth-order valence-corrected chi connectivity index (χ4v) is 3.99. The van der Waals surface area contributed by atoms with Gasteiger partial charge in [-0.2, -0.15) is 0 Å². The third-order valence-corrected chi connectivity index (χ3v) is 5.26. The minimum absolute atomic E-state index is 0.126. The molecule has 0 aliphatic carbocycles. The Morgan fingerprint density at radius 1 is 0.917 bits per heavy atom. The molecular weight excluding hydrogens is 294 g/mol. The predicted octanol–water partition coefficient (Wildman–Crippen LogP) is 5.00. The Balaban J connectivity index is 1.85. The molecule has 0 N–H and O–H groups in total. The molecule has 1 aliphatic heterocycles. The Labute approximate surface area is 145 Å². The maximum Gasteiger partial charge on any atom is 0.224 e. The van der Waals surface area contributed by atoms with Crippen molar-refractivity contribution in [1.29, 1.82) is 0 Å². The van der Waals surface area contributed by atoms with Crippen LogP contribution in [0.25, 0.3) is 0 Å². The molecule has 2 atom stereocenters. The van der Waals surface area contributed by atoms with Gasteiger partial charge in [0.05, 0.1) is 0 Å². The molecule has 2 aromatic carbocycles. The van der Waals surface area contributed by atoms with Crippen molar-refractivity contribution < 1.29 is 4.79 Å². The van der Waals surface area contributed by atoms with E-state index in [9.17, 15) is 4.79 Å². The van der Waals surface area contributed by atoms with Crippen LogP contribution < -0.4 is 0 Å². The predicted molar refractivity (Wildman–Crippen MR) is 99.0 cm³/mol. The van der Waals surface area contributed by atoms with Crippen molar-refractivity contribution in [1.82, 2.24) is 4.90 Å². The average Bonchev–Trinajstić information content (AvgIpc) is 2.61. The van der Waals surface area contributed by atoms with E-state index >= 15 is 0 Å². The third-order valence-electron chi connectivity index (χ3n) is 5.26. The number of benzene rings is 2. The molecule has 24 heavy (non-hydrogen) atoms. The molecule has 3 rings (SSSR count). The zero-order valence-electron chi connectivity index (χ0n) is 14.7. The highest BCUT2D eigenvalue weighted by molar-refractivity contribution is 5.78. The molecule has 0 bridgehead atoms. The number of carbonyl (C=O) groups is 1. The van der Waals surface area contributed by atoms with Gasteiger partial charge in [0.2, 0.25) is 5.91 Å². The lowest BCUT2D eigenvalue weighted by Gasteiger charge is -2.40. The van der Waals surface area contributed by atoms with E-state index in [1.807, 2.05) is 12.1 Å². The van der Waals surface area contributed by atoms with E-state index in [2.05, 4.69) is 67.3 Å². The number of piperidine rings is 1. The summed E-state index contributed by atoms with van der Waals surface area (Å²) in [5, 5.41) is 0. The Kier molecular flexibility index (Phi) is 5.34. The van der Waals surface area contributed by atoms with Crippen LogP contribution in [0.15, 0.2) is 60.7 Å². The second-order valence-corrected chi connectivity index (χ2v) is 7.01. The maximum atomic E-state index is 13.1. The summed E-state index contributed by atoms with van der Waals surface area (Å²) in [5.41, 5.74) is 2.43. The van der Waals surface area contributed by atoms with Gasteiger partial charge in [0.1, 0.15) is 0 Å². The lowest BCUT2D eigenvalue weighted by atomic mass is 9.87. The van der Waals surface area contributed by atoms with Gasteiger partial charge in [-0.1, -0.05) is 60.7 Å². The van der Waals surface area contributed by atoms with E-state index in [-0.39, 0.29) is 11.8 Å². The minimum atomic E-state index is 0.126. The Bertz CT molecular complexity index is 603. The summed E-state index contributed by atoms with van der Waals surface area (Å²) >= 11 is 0. The van der Waals surface area contributed by atoms with E-state index in [0.29, 0.717) is 18.5 Å². The van der Waals surface area contributed by atoms with Crippen LogP contribution in [-0.4, -0.2) is 22.9 Å². The number of rotatable bonds is 4. The van der Waals surface area contributed by atoms with Crippen molar-refractivity contribution in [2.24, 2.45) is 0 Å². The van der Waals surface area contributed by atoms with Crippen LogP contribution in [-0.2, 0) is 4.79 Å². The average molecular weight is 321 g/mol. The molecule has 0 saturated carbocycles. The van der Waals surface area contributed by atoms with Gasteiger partial charge >= 0.3 is 0 Å². The number of hydrogen-bond acceptors (Lipinski definition) is 1.